The van der Waals surface area contributed by atoms with Crippen LogP contribution in [0.4, 0.5) is 8.78 Å². The number of halogens is 2. The second-order valence-electron chi connectivity index (χ2n) is 7.21. The van der Waals surface area contributed by atoms with Crippen molar-refractivity contribution in [1.29, 1.82) is 0 Å². The van der Waals surface area contributed by atoms with Gasteiger partial charge in [0.15, 0.2) is 11.6 Å². The number of likely N-dealkylation sites (tertiary alicyclic amines) is 1. The standard InChI is InChI=1S/C19H27BF2N2O2/c20-9-2-1-8-19(23,18(25)26)15-6-11-24(12-7-15)10-5-14-3-4-16(21)17(22)13-14/h3-4,13,15H,1-2,5-12,23H2,(H,25,26). The Labute approximate surface area is 155 Å². The van der Waals surface area contributed by atoms with Gasteiger partial charge in [0.1, 0.15) is 5.54 Å². The second kappa shape index (κ2) is 9.46. The minimum Gasteiger partial charge on any atom is -0.480 e. The van der Waals surface area contributed by atoms with Crippen molar-refractivity contribution in [2.45, 2.75) is 50.4 Å². The third kappa shape index (κ3) is 5.27. The third-order valence-corrected chi connectivity index (χ3v) is 5.46. The number of unbranched alkanes of at least 4 members (excludes halogenated alkanes) is 1. The monoisotopic (exact) mass is 364 g/mol. The van der Waals surface area contributed by atoms with Crippen molar-refractivity contribution in [3.05, 3.63) is 35.4 Å². The Balaban J connectivity index is 1.84. The highest BCUT2D eigenvalue weighted by Gasteiger charge is 2.42. The molecule has 0 aromatic heterocycles. The number of aliphatic carboxylic acids is 1. The van der Waals surface area contributed by atoms with E-state index in [1.807, 2.05) is 0 Å². The van der Waals surface area contributed by atoms with E-state index in [0.717, 1.165) is 56.9 Å². The van der Waals surface area contributed by atoms with Crippen LogP contribution < -0.4 is 5.73 Å². The van der Waals surface area contributed by atoms with Gasteiger partial charge in [-0.1, -0.05) is 25.2 Å². The molecule has 1 atom stereocenters. The lowest BCUT2D eigenvalue weighted by atomic mass is 9.75. The van der Waals surface area contributed by atoms with E-state index in [1.165, 1.54) is 6.07 Å². The largest absolute Gasteiger partial charge is 0.480 e. The van der Waals surface area contributed by atoms with Crippen molar-refractivity contribution in [3.63, 3.8) is 0 Å². The summed E-state index contributed by atoms with van der Waals surface area (Å²) in [5.74, 6) is -2.66. The molecule has 7 heteroatoms. The topological polar surface area (TPSA) is 66.6 Å². The number of piperidine rings is 1. The van der Waals surface area contributed by atoms with Crippen LogP contribution in [0.5, 0.6) is 0 Å². The number of carboxylic acid groups (broad SMARTS) is 1. The molecule has 1 heterocycles. The fourth-order valence-corrected chi connectivity index (χ4v) is 3.70. The molecule has 0 spiro atoms. The fourth-order valence-electron chi connectivity index (χ4n) is 3.70. The van der Waals surface area contributed by atoms with Crippen LogP contribution in [0.25, 0.3) is 0 Å². The first kappa shape index (κ1) is 20.8. The van der Waals surface area contributed by atoms with Crippen molar-refractivity contribution < 1.29 is 18.7 Å². The fraction of sp³-hybridized carbons (Fsp3) is 0.632. The number of nitrogens with zero attached hydrogens (tertiary/aromatic N) is 1. The van der Waals surface area contributed by atoms with Crippen molar-refractivity contribution in [2.75, 3.05) is 19.6 Å². The number of carbonyl (C=O) groups is 1. The highest BCUT2D eigenvalue weighted by atomic mass is 19.2. The lowest BCUT2D eigenvalue weighted by Crippen LogP contribution is -2.57. The third-order valence-electron chi connectivity index (χ3n) is 5.46. The van der Waals surface area contributed by atoms with E-state index in [-0.39, 0.29) is 5.92 Å². The van der Waals surface area contributed by atoms with E-state index >= 15 is 0 Å². The normalized spacial score (nSPS) is 18.6. The Hall–Kier alpha value is -1.47. The van der Waals surface area contributed by atoms with Crippen LogP contribution in [-0.4, -0.2) is 49.0 Å². The maximum Gasteiger partial charge on any atom is 0.323 e. The minimum absolute atomic E-state index is 0.0581. The molecule has 3 N–H and O–H groups in total. The zero-order chi connectivity index (χ0) is 19.2. The zero-order valence-electron chi connectivity index (χ0n) is 15.1. The van der Waals surface area contributed by atoms with Crippen LogP contribution in [-0.2, 0) is 11.2 Å². The van der Waals surface area contributed by atoms with Crippen LogP contribution in [0.1, 0.15) is 37.7 Å². The number of benzene rings is 1. The van der Waals surface area contributed by atoms with E-state index in [0.29, 0.717) is 19.2 Å². The quantitative estimate of drug-likeness (QED) is 0.522. The van der Waals surface area contributed by atoms with Gasteiger partial charge in [-0.2, -0.15) is 0 Å². The molecule has 2 radical (unpaired) electrons. The van der Waals surface area contributed by atoms with Crippen molar-refractivity contribution in [1.82, 2.24) is 4.90 Å². The second-order valence-corrected chi connectivity index (χ2v) is 7.21. The smallest absolute Gasteiger partial charge is 0.323 e. The van der Waals surface area contributed by atoms with Crippen LogP contribution in [0, 0.1) is 17.6 Å². The van der Waals surface area contributed by atoms with Crippen LogP contribution in [0.3, 0.4) is 0 Å². The molecule has 0 saturated carbocycles. The summed E-state index contributed by atoms with van der Waals surface area (Å²) in [6, 6.07) is 3.97. The molecule has 26 heavy (non-hydrogen) atoms. The summed E-state index contributed by atoms with van der Waals surface area (Å²) in [7, 11) is 5.49. The van der Waals surface area contributed by atoms with E-state index < -0.39 is 23.1 Å². The summed E-state index contributed by atoms with van der Waals surface area (Å²) in [6.07, 6.45) is 4.56. The molecule has 1 unspecified atom stereocenters. The van der Waals surface area contributed by atoms with Gasteiger partial charge in [-0.3, -0.25) is 4.79 Å². The average molecular weight is 364 g/mol. The molecule has 142 valence electrons. The van der Waals surface area contributed by atoms with Gasteiger partial charge in [-0.15, -0.1) is 0 Å². The Morgan fingerprint density at radius 3 is 2.54 bits per heavy atom. The predicted molar refractivity (Wildman–Crippen MR) is 98.2 cm³/mol. The highest BCUT2D eigenvalue weighted by molar-refractivity contribution is 6.08. The average Bonchev–Trinajstić information content (AvgIpc) is 2.63. The first-order valence-corrected chi connectivity index (χ1v) is 9.25. The van der Waals surface area contributed by atoms with Gasteiger partial charge >= 0.3 is 5.97 Å². The first-order chi connectivity index (χ1) is 12.4. The summed E-state index contributed by atoms with van der Waals surface area (Å²) < 4.78 is 26.2. The van der Waals surface area contributed by atoms with Gasteiger partial charge < -0.3 is 15.7 Å². The Kier molecular flexibility index (Phi) is 7.59. The van der Waals surface area contributed by atoms with E-state index in [2.05, 4.69) is 4.90 Å². The van der Waals surface area contributed by atoms with Gasteiger partial charge in [0.05, 0.1) is 7.85 Å². The van der Waals surface area contributed by atoms with Crippen molar-refractivity contribution in [2.24, 2.45) is 11.7 Å². The van der Waals surface area contributed by atoms with Gasteiger partial charge in [0, 0.05) is 6.54 Å². The number of rotatable bonds is 9. The number of hydrogen-bond acceptors (Lipinski definition) is 3. The molecular weight excluding hydrogens is 337 g/mol. The molecule has 1 aliphatic heterocycles. The Morgan fingerprint density at radius 1 is 1.27 bits per heavy atom. The molecule has 2 rings (SSSR count). The summed E-state index contributed by atoms with van der Waals surface area (Å²) >= 11 is 0. The summed E-state index contributed by atoms with van der Waals surface area (Å²) in [6.45, 7) is 2.25. The van der Waals surface area contributed by atoms with E-state index in [1.54, 1.807) is 6.07 Å². The highest BCUT2D eigenvalue weighted by Crippen LogP contribution is 2.31. The van der Waals surface area contributed by atoms with Crippen molar-refractivity contribution >= 4 is 13.8 Å². The molecule has 1 aromatic carbocycles. The molecule has 0 aliphatic carbocycles. The van der Waals surface area contributed by atoms with Gasteiger partial charge in [0.2, 0.25) is 0 Å². The number of hydrogen-bond donors (Lipinski definition) is 2. The lowest BCUT2D eigenvalue weighted by Gasteiger charge is -2.40. The van der Waals surface area contributed by atoms with E-state index in [4.69, 9.17) is 13.6 Å². The molecule has 1 saturated heterocycles. The summed E-state index contributed by atoms with van der Waals surface area (Å²) in [4.78, 5) is 14.0. The summed E-state index contributed by atoms with van der Waals surface area (Å²) in [5, 5.41) is 9.61. The molecule has 0 amide bonds. The van der Waals surface area contributed by atoms with Gasteiger partial charge in [-0.05, 0) is 62.4 Å². The van der Waals surface area contributed by atoms with Gasteiger partial charge in [-0.25, -0.2) is 8.78 Å². The maximum atomic E-state index is 13.3. The van der Waals surface area contributed by atoms with Gasteiger partial charge in [0.25, 0.3) is 0 Å². The number of carboxylic acids is 1. The molecule has 1 fully saturated rings. The summed E-state index contributed by atoms with van der Waals surface area (Å²) in [5.41, 5.74) is 5.82. The number of nitrogens with two attached hydrogens (primary N) is 1. The van der Waals surface area contributed by atoms with Crippen molar-refractivity contribution in [3.8, 4) is 0 Å². The molecule has 4 nitrogen and oxygen atoms in total. The van der Waals surface area contributed by atoms with Crippen LogP contribution in [0.15, 0.2) is 18.2 Å². The molecule has 1 aliphatic rings. The maximum absolute atomic E-state index is 13.3. The van der Waals surface area contributed by atoms with Crippen LogP contribution >= 0.6 is 0 Å². The Bertz CT molecular complexity index is 609. The molecule has 1 aromatic rings. The Morgan fingerprint density at radius 2 is 1.96 bits per heavy atom. The van der Waals surface area contributed by atoms with Crippen LogP contribution in [0.2, 0.25) is 6.32 Å². The molecule has 0 bridgehead atoms. The first-order valence-electron chi connectivity index (χ1n) is 9.25. The molecular formula is C19H27BF2N2O2. The minimum atomic E-state index is -1.19. The van der Waals surface area contributed by atoms with E-state index in [9.17, 15) is 18.7 Å². The SMILES string of the molecule is [B]CCCCC(N)(C(=O)O)C1CCN(CCc2ccc(F)c(F)c2)CC1. The zero-order valence-corrected chi connectivity index (χ0v) is 15.1. The predicted octanol–water partition coefficient (Wildman–Crippen LogP) is 2.76. The lowest BCUT2D eigenvalue weighted by molar-refractivity contribution is -0.147.